The van der Waals surface area contributed by atoms with Crippen LogP contribution in [0.25, 0.3) is 12.2 Å². The van der Waals surface area contributed by atoms with Crippen LogP contribution in [-0.2, 0) is 5.33 Å². The van der Waals surface area contributed by atoms with Crippen molar-refractivity contribution in [3.63, 3.8) is 0 Å². The average molecular weight is 360 g/mol. The summed E-state index contributed by atoms with van der Waals surface area (Å²) >= 11 is 15.1. The second kappa shape index (κ2) is 6.56. The molecule has 0 amide bonds. The second-order valence-corrected chi connectivity index (χ2v) is 5.41. The van der Waals surface area contributed by atoms with Crippen LogP contribution in [0.2, 0.25) is 10.0 Å². The molecule has 0 saturated carbocycles. The first-order valence-corrected chi connectivity index (χ1v) is 7.45. The molecule has 0 spiro atoms. The van der Waals surface area contributed by atoms with Gasteiger partial charge in [-0.3, -0.25) is 0 Å². The quantitative estimate of drug-likeness (QED) is 0.452. The molecule has 0 bridgehead atoms. The van der Waals surface area contributed by atoms with Gasteiger partial charge in [0.05, 0.1) is 0 Å². The molecule has 0 fully saturated rings. The van der Waals surface area contributed by atoms with Crippen molar-refractivity contribution in [3.05, 3.63) is 69.0 Å². The van der Waals surface area contributed by atoms with Crippen LogP contribution >= 0.6 is 39.1 Å². The van der Waals surface area contributed by atoms with Crippen molar-refractivity contribution in [2.24, 2.45) is 0 Å². The van der Waals surface area contributed by atoms with E-state index in [1.807, 2.05) is 24.3 Å². The Kier molecular flexibility index (Phi) is 5.03. The zero-order valence-corrected chi connectivity index (χ0v) is 12.9. The molecule has 2 aromatic rings. The van der Waals surface area contributed by atoms with Crippen molar-refractivity contribution in [2.45, 2.75) is 5.33 Å². The Bertz CT molecular complexity index is 624. The minimum absolute atomic E-state index is 0.335. The van der Waals surface area contributed by atoms with Gasteiger partial charge in [-0.2, -0.15) is 0 Å². The molecule has 0 saturated heterocycles. The first kappa shape index (κ1) is 14.6. The molecule has 0 aromatic heterocycles. The van der Waals surface area contributed by atoms with Crippen molar-refractivity contribution in [1.82, 2.24) is 0 Å². The smallest absolute Gasteiger partial charge is 0.131 e. The lowest BCUT2D eigenvalue weighted by Gasteiger charge is -2.03. The first-order valence-electron chi connectivity index (χ1n) is 5.57. The van der Waals surface area contributed by atoms with Gasteiger partial charge in [-0.05, 0) is 35.4 Å². The van der Waals surface area contributed by atoms with E-state index in [2.05, 4.69) is 15.9 Å². The van der Waals surface area contributed by atoms with Gasteiger partial charge < -0.3 is 0 Å². The minimum Gasteiger partial charge on any atom is -0.206 e. The van der Waals surface area contributed by atoms with E-state index in [1.54, 1.807) is 18.2 Å². The molecule has 0 nitrogen and oxygen atoms in total. The van der Waals surface area contributed by atoms with Crippen LogP contribution in [0.15, 0.2) is 36.4 Å². The lowest BCUT2D eigenvalue weighted by atomic mass is 10.1. The molecule has 98 valence electrons. The second-order valence-electron chi connectivity index (χ2n) is 3.98. The Morgan fingerprint density at radius 3 is 2.16 bits per heavy atom. The van der Waals surface area contributed by atoms with Crippen molar-refractivity contribution < 1.29 is 4.39 Å². The lowest BCUT2D eigenvalue weighted by molar-refractivity contribution is 0.625. The predicted molar refractivity (Wildman–Crippen MR) is 84.4 cm³/mol. The largest absolute Gasteiger partial charge is 0.206 e. The van der Waals surface area contributed by atoms with E-state index in [1.165, 1.54) is 6.07 Å². The fraction of sp³-hybridized carbons (Fsp3) is 0.0667. The molecule has 0 aliphatic rings. The van der Waals surface area contributed by atoms with E-state index in [9.17, 15) is 4.39 Å². The van der Waals surface area contributed by atoms with Gasteiger partial charge in [-0.25, -0.2) is 4.39 Å². The molecule has 0 radical (unpaired) electrons. The Hall–Kier alpha value is -0.830. The highest BCUT2D eigenvalue weighted by molar-refractivity contribution is 9.08. The highest BCUT2D eigenvalue weighted by Crippen LogP contribution is 2.22. The topological polar surface area (TPSA) is 0 Å². The molecule has 0 N–H and O–H groups in total. The van der Waals surface area contributed by atoms with Crippen molar-refractivity contribution in [1.29, 1.82) is 0 Å². The van der Waals surface area contributed by atoms with E-state index in [4.69, 9.17) is 23.2 Å². The maximum absolute atomic E-state index is 13.6. The molecule has 0 unspecified atom stereocenters. The maximum atomic E-state index is 13.6. The van der Waals surface area contributed by atoms with Gasteiger partial charge in [0.25, 0.3) is 0 Å². The summed E-state index contributed by atoms with van der Waals surface area (Å²) in [6, 6.07) is 10.2. The summed E-state index contributed by atoms with van der Waals surface area (Å²) in [6.45, 7) is 0. The molecular weight excluding hydrogens is 350 g/mol. The van der Waals surface area contributed by atoms with E-state index in [0.717, 1.165) is 11.1 Å². The summed E-state index contributed by atoms with van der Waals surface area (Å²) in [5, 5.41) is 1.77. The van der Waals surface area contributed by atoms with Gasteiger partial charge in [0.15, 0.2) is 0 Å². The minimum atomic E-state index is -0.335. The van der Waals surface area contributed by atoms with Crippen LogP contribution in [-0.4, -0.2) is 0 Å². The molecule has 4 heteroatoms. The zero-order chi connectivity index (χ0) is 13.8. The SMILES string of the molecule is Fc1cc(Cl)ccc1/C=C/c1ccc(Cl)cc1CBr. The Morgan fingerprint density at radius 2 is 1.53 bits per heavy atom. The molecular formula is C15H10BrCl2F. The summed E-state index contributed by atoms with van der Waals surface area (Å²) in [5.74, 6) is -0.335. The van der Waals surface area contributed by atoms with E-state index in [0.29, 0.717) is 20.9 Å². The van der Waals surface area contributed by atoms with Crippen molar-refractivity contribution >= 4 is 51.3 Å². The number of benzene rings is 2. The fourth-order valence-corrected chi connectivity index (χ4v) is 2.51. The van der Waals surface area contributed by atoms with E-state index >= 15 is 0 Å². The normalized spacial score (nSPS) is 11.2. The van der Waals surface area contributed by atoms with Crippen molar-refractivity contribution in [3.8, 4) is 0 Å². The van der Waals surface area contributed by atoms with Crippen LogP contribution < -0.4 is 0 Å². The molecule has 2 rings (SSSR count). The predicted octanol–water partition coefficient (Wildman–Crippen LogP) is 6.20. The van der Waals surface area contributed by atoms with Crippen LogP contribution in [0, 0.1) is 5.82 Å². The third kappa shape index (κ3) is 3.82. The molecule has 2 aromatic carbocycles. The Labute approximate surface area is 130 Å². The van der Waals surface area contributed by atoms with E-state index in [-0.39, 0.29) is 5.82 Å². The first-order chi connectivity index (χ1) is 9.10. The van der Waals surface area contributed by atoms with Gasteiger partial charge >= 0.3 is 0 Å². The number of rotatable bonds is 3. The van der Waals surface area contributed by atoms with Gasteiger partial charge in [-0.15, -0.1) is 0 Å². The van der Waals surface area contributed by atoms with Gasteiger partial charge in [-0.1, -0.05) is 63.4 Å². The fourth-order valence-electron chi connectivity index (χ4n) is 1.67. The summed E-state index contributed by atoms with van der Waals surface area (Å²) in [5.41, 5.74) is 2.55. The summed E-state index contributed by atoms with van der Waals surface area (Å²) in [4.78, 5) is 0. The average Bonchev–Trinajstić information content (AvgIpc) is 2.39. The summed E-state index contributed by atoms with van der Waals surface area (Å²) in [6.07, 6.45) is 3.58. The van der Waals surface area contributed by atoms with Crippen LogP contribution in [0.1, 0.15) is 16.7 Å². The third-order valence-electron chi connectivity index (χ3n) is 2.65. The van der Waals surface area contributed by atoms with Crippen LogP contribution in [0.3, 0.4) is 0 Å². The van der Waals surface area contributed by atoms with Crippen LogP contribution in [0.4, 0.5) is 4.39 Å². The molecule has 0 atom stereocenters. The standard InChI is InChI=1S/C15H10BrCl2F/c16-9-12-7-13(17)5-3-10(12)1-2-11-4-6-14(18)8-15(11)19/h1-8H,9H2/b2-1+. The molecule has 0 heterocycles. The maximum Gasteiger partial charge on any atom is 0.131 e. The Morgan fingerprint density at radius 1 is 0.947 bits per heavy atom. The number of alkyl halides is 1. The molecule has 0 aliphatic carbocycles. The monoisotopic (exact) mass is 358 g/mol. The van der Waals surface area contributed by atoms with E-state index < -0.39 is 0 Å². The van der Waals surface area contributed by atoms with Crippen LogP contribution in [0.5, 0.6) is 0 Å². The van der Waals surface area contributed by atoms with Gasteiger partial charge in [0, 0.05) is 20.9 Å². The number of hydrogen-bond donors (Lipinski definition) is 0. The lowest BCUT2D eigenvalue weighted by Crippen LogP contribution is -1.85. The number of hydrogen-bond acceptors (Lipinski definition) is 0. The Balaban J connectivity index is 2.32. The van der Waals surface area contributed by atoms with Crippen molar-refractivity contribution in [2.75, 3.05) is 0 Å². The third-order valence-corrected chi connectivity index (χ3v) is 3.73. The van der Waals surface area contributed by atoms with Gasteiger partial charge in [0.1, 0.15) is 5.82 Å². The highest BCUT2D eigenvalue weighted by Gasteiger charge is 2.02. The number of halogens is 4. The highest BCUT2D eigenvalue weighted by atomic mass is 79.9. The summed E-state index contributed by atoms with van der Waals surface area (Å²) < 4.78 is 13.6. The molecule has 0 aliphatic heterocycles. The zero-order valence-electron chi connectivity index (χ0n) is 9.84. The van der Waals surface area contributed by atoms with Gasteiger partial charge in [0.2, 0.25) is 0 Å². The molecule has 19 heavy (non-hydrogen) atoms. The summed E-state index contributed by atoms with van der Waals surface area (Å²) in [7, 11) is 0.